The Morgan fingerprint density at radius 3 is 2.35 bits per heavy atom. The average Bonchev–Trinajstić information content (AvgIpc) is 3.29. The molecule has 2 N–H and O–H groups in total. The van der Waals surface area contributed by atoms with Gasteiger partial charge in [0.15, 0.2) is 6.61 Å². The first-order chi connectivity index (χ1) is 14.9. The number of ether oxygens (including phenoxy) is 1. The van der Waals surface area contributed by atoms with Gasteiger partial charge in [-0.05, 0) is 35.7 Å². The molecular weight excluding hydrogens is 446 g/mol. The van der Waals surface area contributed by atoms with E-state index in [1.54, 1.807) is 47.8 Å². The summed E-state index contributed by atoms with van der Waals surface area (Å²) in [4.78, 5) is 37.5. The lowest BCUT2D eigenvalue weighted by Crippen LogP contribution is -2.22. The zero-order valence-corrected chi connectivity index (χ0v) is 17.5. The number of carbonyl (C=O) groups is 3. The van der Waals surface area contributed by atoms with Crippen LogP contribution in [-0.2, 0) is 9.53 Å². The number of benzene rings is 2. The highest BCUT2D eigenvalue weighted by molar-refractivity contribution is 7.99. The number of para-hydroxylation sites is 2. The quantitative estimate of drug-likeness (QED) is 0.359. The molecule has 0 aliphatic rings. The molecule has 0 saturated carbocycles. The van der Waals surface area contributed by atoms with Crippen LogP contribution >= 0.6 is 23.1 Å². The zero-order valence-electron chi connectivity index (χ0n) is 15.8. The Hall–Kier alpha value is -3.24. The molecule has 0 saturated heterocycles. The van der Waals surface area contributed by atoms with Crippen LogP contribution in [0.25, 0.3) is 0 Å². The molecule has 0 spiro atoms. The Morgan fingerprint density at radius 1 is 0.935 bits per heavy atom. The first kappa shape index (κ1) is 22.4. The van der Waals surface area contributed by atoms with E-state index in [1.807, 2.05) is 0 Å². The average molecular weight is 462 g/mol. The van der Waals surface area contributed by atoms with Gasteiger partial charge in [0.1, 0.15) is 0 Å². The number of hydrogen-bond donors (Lipinski definition) is 2. The number of carbonyl (C=O) groups excluding carboxylic acids is 3. The highest BCUT2D eigenvalue weighted by atomic mass is 32.2. The number of rotatable bonds is 8. The molecule has 6 nitrogen and oxygen atoms in total. The summed E-state index contributed by atoms with van der Waals surface area (Å²) in [7, 11) is 0. The van der Waals surface area contributed by atoms with Gasteiger partial charge in [-0.2, -0.15) is 8.78 Å². The lowest BCUT2D eigenvalue weighted by atomic mass is 10.2. The summed E-state index contributed by atoms with van der Waals surface area (Å²) in [5.41, 5.74) is 0.510. The minimum absolute atomic E-state index is 0.0777. The SMILES string of the molecule is O=C(COC(=O)c1ccccc1NC(=O)c1cccs1)Nc1ccccc1SC(F)F. The van der Waals surface area contributed by atoms with Gasteiger partial charge >= 0.3 is 5.97 Å². The Balaban J connectivity index is 1.61. The molecule has 3 rings (SSSR count). The van der Waals surface area contributed by atoms with E-state index in [4.69, 9.17) is 4.74 Å². The van der Waals surface area contributed by atoms with Gasteiger partial charge in [-0.25, -0.2) is 4.79 Å². The lowest BCUT2D eigenvalue weighted by molar-refractivity contribution is -0.119. The smallest absolute Gasteiger partial charge is 0.340 e. The van der Waals surface area contributed by atoms with Gasteiger partial charge in [0.2, 0.25) is 0 Å². The molecule has 2 amide bonds. The van der Waals surface area contributed by atoms with Crippen molar-refractivity contribution in [1.82, 2.24) is 0 Å². The topological polar surface area (TPSA) is 84.5 Å². The fraction of sp³-hybridized carbons (Fsp3) is 0.0952. The molecule has 10 heteroatoms. The number of anilines is 2. The molecule has 0 atom stereocenters. The van der Waals surface area contributed by atoms with Gasteiger partial charge in [-0.15, -0.1) is 11.3 Å². The third-order valence-corrected chi connectivity index (χ3v) is 5.51. The number of halogens is 2. The normalized spacial score (nSPS) is 10.5. The van der Waals surface area contributed by atoms with Gasteiger partial charge in [0.25, 0.3) is 17.6 Å². The van der Waals surface area contributed by atoms with Gasteiger partial charge in [0.05, 0.1) is 21.8 Å². The molecule has 0 radical (unpaired) electrons. The van der Waals surface area contributed by atoms with Gasteiger partial charge in [0, 0.05) is 4.90 Å². The number of nitrogens with one attached hydrogen (secondary N) is 2. The summed E-state index contributed by atoms with van der Waals surface area (Å²) >= 11 is 1.55. The van der Waals surface area contributed by atoms with Gasteiger partial charge in [-0.3, -0.25) is 9.59 Å². The number of amides is 2. The van der Waals surface area contributed by atoms with Crippen LogP contribution in [0.4, 0.5) is 20.2 Å². The number of esters is 1. The largest absolute Gasteiger partial charge is 0.452 e. The standard InChI is InChI=1S/C21H16F2N2O4S2/c22-21(23)31-16-9-4-3-8-15(16)24-18(26)12-29-20(28)13-6-1-2-7-14(13)25-19(27)17-10-5-11-30-17/h1-11,21H,12H2,(H,24,26)(H,25,27). The van der Waals surface area contributed by atoms with Crippen LogP contribution in [-0.4, -0.2) is 30.1 Å². The second kappa shape index (κ2) is 10.7. The molecule has 1 aromatic heterocycles. The van der Waals surface area contributed by atoms with E-state index in [1.165, 1.54) is 29.5 Å². The number of thioether (sulfide) groups is 1. The van der Waals surface area contributed by atoms with Crippen molar-refractivity contribution < 1.29 is 27.9 Å². The van der Waals surface area contributed by atoms with E-state index in [9.17, 15) is 23.2 Å². The molecule has 1 heterocycles. The van der Waals surface area contributed by atoms with Crippen LogP contribution in [0.5, 0.6) is 0 Å². The summed E-state index contributed by atoms with van der Waals surface area (Å²) in [6.07, 6.45) is 0. The van der Waals surface area contributed by atoms with Gasteiger partial charge < -0.3 is 15.4 Å². The van der Waals surface area contributed by atoms with Crippen LogP contribution in [0.1, 0.15) is 20.0 Å². The van der Waals surface area contributed by atoms with Crippen molar-refractivity contribution in [3.63, 3.8) is 0 Å². The molecule has 3 aromatic rings. The zero-order chi connectivity index (χ0) is 22.2. The molecule has 0 aliphatic heterocycles. The molecule has 0 fully saturated rings. The Kier molecular flexibility index (Phi) is 7.74. The van der Waals surface area contributed by atoms with Crippen molar-refractivity contribution in [3.05, 3.63) is 76.5 Å². The van der Waals surface area contributed by atoms with E-state index < -0.39 is 24.2 Å². The molecule has 0 aliphatic carbocycles. The molecule has 0 unspecified atom stereocenters. The van der Waals surface area contributed by atoms with E-state index in [0.717, 1.165) is 0 Å². The van der Waals surface area contributed by atoms with Crippen LogP contribution in [0.15, 0.2) is 70.9 Å². The molecule has 2 aromatic carbocycles. The fourth-order valence-electron chi connectivity index (χ4n) is 2.53. The number of alkyl halides is 2. The Bertz CT molecular complexity index is 1070. The monoisotopic (exact) mass is 462 g/mol. The summed E-state index contributed by atoms with van der Waals surface area (Å²) in [5.74, 6) is -4.51. The minimum atomic E-state index is -2.64. The molecule has 0 bridgehead atoms. The van der Waals surface area contributed by atoms with Crippen LogP contribution in [0, 0.1) is 0 Å². The van der Waals surface area contributed by atoms with Gasteiger partial charge in [-0.1, -0.05) is 42.1 Å². The number of thiophene rings is 1. The summed E-state index contributed by atoms with van der Waals surface area (Å²) in [6.45, 7) is -0.625. The van der Waals surface area contributed by atoms with Crippen molar-refractivity contribution in [3.8, 4) is 0 Å². The van der Waals surface area contributed by atoms with E-state index in [0.29, 0.717) is 16.6 Å². The van der Waals surface area contributed by atoms with E-state index >= 15 is 0 Å². The Morgan fingerprint density at radius 2 is 1.65 bits per heavy atom. The summed E-state index contributed by atoms with van der Waals surface area (Å²) < 4.78 is 30.3. The first-order valence-electron chi connectivity index (χ1n) is 8.88. The van der Waals surface area contributed by atoms with Crippen LogP contribution < -0.4 is 10.6 Å². The molecule has 160 valence electrons. The highest BCUT2D eigenvalue weighted by Crippen LogP contribution is 2.31. The maximum Gasteiger partial charge on any atom is 0.340 e. The fourth-order valence-corrected chi connectivity index (χ4v) is 3.74. The van der Waals surface area contributed by atoms with E-state index in [-0.39, 0.29) is 27.7 Å². The second-order valence-electron chi connectivity index (χ2n) is 5.98. The minimum Gasteiger partial charge on any atom is -0.452 e. The van der Waals surface area contributed by atoms with Crippen molar-refractivity contribution in [2.45, 2.75) is 10.7 Å². The van der Waals surface area contributed by atoms with Crippen LogP contribution in [0.2, 0.25) is 0 Å². The third kappa shape index (κ3) is 6.37. The Labute approximate surface area is 184 Å². The molecule has 31 heavy (non-hydrogen) atoms. The predicted molar refractivity (Wildman–Crippen MR) is 116 cm³/mol. The van der Waals surface area contributed by atoms with Crippen molar-refractivity contribution in [1.29, 1.82) is 0 Å². The number of hydrogen-bond acceptors (Lipinski definition) is 6. The first-order valence-corrected chi connectivity index (χ1v) is 10.6. The van der Waals surface area contributed by atoms with E-state index in [2.05, 4.69) is 10.6 Å². The maximum absolute atomic E-state index is 12.6. The molecular formula is C21H16F2N2O4S2. The summed E-state index contributed by atoms with van der Waals surface area (Å²) in [6, 6.07) is 15.7. The predicted octanol–water partition coefficient (Wildman–Crippen LogP) is 5.11. The lowest BCUT2D eigenvalue weighted by Gasteiger charge is -2.12. The summed E-state index contributed by atoms with van der Waals surface area (Å²) in [5, 5.41) is 6.85. The third-order valence-electron chi connectivity index (χ3n) is 3.85. The van der Waals surface area contributed by atoms with Crippen molar-refractivity contribution in [2.75, 3.05) is 17.2 Å². The maximum atomic E-state index is 12.6. The van der Waals surface area contributed by atoms with Crippen molar-refractivity contribution >= 4 is 52.3 Å². The van der Waals surface area contributed by atoms with Crippen molar-refractivity contribution in [2.24, 2.45) is 0 Å². The van der Waals surface area contributed by atoms with Crippen LogP contribution in [0.3, 0.4) is 0 Å². The highest BCUT2D eigenvalue weighted by Gasteiger charge is 2.18. The second-order valence-corrected chi connectivity index (χ2v) is 7.96.